The second kappa shape index (κ2) is 7.91. The SMILES string of the molecule is COc1ccc2c(c1)CCN(c1cc(N[C@@H](C)CO)nc(C(C)C)n1)C2. The molecule has 1 aromatic carbocycles. The summed E-state index contributed by atoms with van der Waals surface area (Å²) in [5.74, 6) is 3.65. The molecule has 140 valence electrons. The molecule has 0 aliphatic carbocycles. The highest BCUT2D eigenvalue weighted by molar-refractivity contribution is 5.52. The van der Waals surface area contributed by atoms with E-state index >= 15 is 0 Å². The summed E-state index contributed by atoms with van der Waals surface area (Å²) in [7, 11) is 1.70. The van der Waals surface area contributed by atoms with Crippen LogP contribution >= 0.6 is 0 Å². The number of nitrogens with zero attached hydrogens (tertiary/aromatic N) is 3. The molecule has 0 fully saturated rings. The number of ether oxygens (including phenoxy) is 1. The zero-order valence-electron chi connectivity index (χ0n) is 16.0. The average Bonchev–Trinajstić information content (AvgIpc) is 2.66. The van der Waals surface area contributed by atoms with Crippen LogP contribution in [0.3, 0.4) is 0 Å². The third-order valence-corrected chi connectivity index (χ3v) is 4.66. The van der Waals surface area contributed by atoms with Crippen molar-refractivity contribution in [2.24, 2.45) is 0 Å². The second-order valence-electron chi connectivity index (χ2n) is 7.16. The summed E-state index contributed by atoms with van der Waals surface area (Å²) >= 11 is 0. The third kappa shape index (κ3) is 4.07. The first-order valence-corrected chi connectivity index (χ1v) is 9.17. The molecule has 6 heteroatoms. The standard InChI is InChI=1S/C20H28N4O2/c1-13(2)20-22-18(21-14(3)12-25)10-19(23-20)24-8-7-15-9-17(26-4)6-5-16(15)11-24/h5-6,9-10,13-14,25H,7-8,11-12H2,1-4H3,(H,21,22,23)/t14-/m0/s1. The second-order valence-corrected chi connectivity index (χ2v) is 7.16. The highest BCUT2D eigenvalue weighted by Gasteiger charge is 2.20. The first-order chi connectivity index (χ1) is 12.5. The Balaban J connectivity index is 1.88. The lowest BCUT2D eigenvalue weighted by Crippen LogP contribution is -2.31. The Kier molecular flexibility index (Phi) is 5.61. The molecule has 0 saturated carbocycles. The highest BCUT2D eigenvalue weighted by atomic mass is 16.5. The van der Waals surface area contributed by atoms with Gasteiger partial charge in [0.1, 0.15) is 23.2 Å². The van der Waals surface area contributed by atoms with Crippen molar-refractivity contribution >= 4 is 11.6 Å². The lowest BCUT2D eigenvalue weighted by Gasteiger charge is -2.30. The Hall–Kier alpha value is -2.34. The van der Waals surface area contributed by atoms with E-state index in [1.165, 1.54) is 11.1 Å². The average molecular weight is 356 g/mol. The quantitative estimate of drug-likeness (QED) is 0.829. The van der Waals surface area contributed by atoms with Crippen molar-refractivity contribution in [1.82, 2.24) is 9.97 Å². The van der Waals surface area contributed by atoms with Crippen molar-refractivity contribution in [3.05, 3.63) is 41.2 Å². The van der Waals surface area contributed by atoms with Crippen LogP contribution in [0.5, 0.6) is 5.75 Å². The molecule has 1 aliphatic rings. The van der Waals surface area contributed by atoms with Crippen LogP contribution in [-0.4, -0.2) is 41.4 Å². The fraction of sp³-hybridized carbons (Fsp3) is 0.500. The summed E-state index contributed by atoms with van der Waals surface area (Å²) in [5.41, 5.74) is 2.64. The number of aliphatic hydroxyl groups is 1. The Morgan fingerprint density at radius 3 is 2.69 bits per heavy atom. The zero-order chi connectivity index (χ0) is 18.7. The summed E-state index contributed by atoms with van der Waals surface area (Å²) in [6, 6.07) is 8.21. The molecule has 0 amide bonds. The van der Waals surface area contributed by atoms with E-state index in [2.05, 4.69) is 41.2 Å². The molecule has 0 saturated heterocycles. The van der Waals surface area contributed by atoms with Gasteiger partial charge in [-0.1, -0.05) is 19.9 Å². The van der Waals surface area contributed by atoms with Crippen LogP contribution < -0.4 is 15.0 Å². The molecule has 2 heterocycles. The molecule has 2 aromatic rings. The first kappa shape index (κ1) is 18.5. The predicted octanol–water partition coefficient (Wildman–Crippen LogP) is 2.96. The van der Waals surface area contributed by atoms with Gasteiger partial charge in [0.2, 0.25) is 0 Å². The number of anilines is 2. The summed E-state index contributed by atoms with van der Waals surface area (Å²) < 4.78 is 5.33. The molecular formula is C20H28N4O2. The van der Waals surface area contributed by atoms with Crippen molar-refractivity contribution in [1.29, 1.82) is 0 Å². The molecule has 26 heavy (non-hydrogen) atoms. The predicted molar refractivity (Wildman–Crippen MR) is 104 cm³/mol. The summed E-state index contributed by atoms with van der Waals surface area (Å²) in [4.78, 5) is 11.7. The van der Waals surface area contributed by atoms with E-state index in [1.54, 1.807) is 7.11 Å². The van der Waals surface area contributed by atoms with E-state index in [0.717, 1.165) is 42.7 Å². The van der Waals surface area contributed by atoms with Crippen LogP contribution in [0.2, 0.25) is 0 Å². The number of hydrogen-bond donors (Lipinski definition) is 2. The number of aromatic nitrogens is 2. The molecule has 1 atom stereocenters. The molecule has 1 aromatic heterocycles. The summed E-state index contributed by atoms with van der Waals surface area (Å²) in [6.45, 7) is 7.91. The van der Waals surface area contributed by atoms with Gasteiger partial charge in [-0.15, -0.1) is 0 Å². The van der Waals surface area contributed by atoms with Gasteiger partial charge in [0, 0.05) is 31.1 Å². The summed E-state index contributed by atoms with van der Waals surface area (Å²) in [5, 5.41) is 12.6. The molecule has 0 unspecified atom stereocenters. The fourth-order valence-corrected chi connectivity index (χ4v) is 3.10. The number of hydrogen-bond acceptors (Lipinski definition) is 6. The Labute approximate surface area is 155 Å². The number of rotatable bonds is 6. The van der Waals surface area contributed by atoms with Gasteiger partial charge >= 0.3 is 0 Å². The van der Waals surface area contributed by atoms with E-state index < -0.39 is 0 Å². The zero-order valence-corrected chi connectivity index (χ0v) is 16.0. The van der Waals surface area contributed by atoms with Crippen LogP contribution in [0.1, 0.15) is 43.6 Å². The molecule has 6 nitrogen and oxygen atoms in total. The lowest BCUT2D eigenvalue weighted by atomic mass is 9.99. The van der Waals surface area contributed by atoms with E-state index in [1.807, 2.05) is 19.1 Å². The third-order valence-electron chi connectivity index (χ3n) is 4.66. The van der Waals surface area contributed by atoms with E-state index in [9.17, 15) is 5.11 Å². The van der Waals surface area contributed by atoms with Crippen LogP contribution in [0.25, 0.3) is 0 Å². The number of fused-ring (bicyclic) bond motifs is 1. The van der Waals surface area contributed by atoms with Gasteiger partial charge in [-0.25, -0.2) is 9.97 Å². The van der Waals surface area contributed by atoms with Crippen LogP contribution in [0, 0.1) is 0 Å². The number of nitrogens with one attached hydrogen (secondary N) is 1. The van der Waals surface area contributed by atoms with Gasteiger partial charge in [0.15, 0.2) is 0 Å². The van der Waals surface area contributed by atoms with Crippen molar-refractivity contribution in [2.75, 3.05) is 30.5 Å². The highest BCUT2D eigenvalue weighted by Crippen LogP contribution is 2.28. The molecule has 0 radical (unpaired) electrons. The van der Waals surface area contributed by atoms with Crippen LogP contribution in [0.15, 0.2) is 24.3 Å². The summed E-state index contributed by atoms with van der Waals surface area (Å²) in [6.07, 6.45) is 0.962. The number of aliphatic hydroxyl groups excluding tert-OH is 1. The molecule has 1 aliphatic heterocycles. The largest absolute Gasteiger partial charge is 0.497 e. The van der Waals surface area contributed by atoms with Crippen LogP contribution in [0.4, 0.5) is 11.6 Å². The maximum atomic E-state index is 9.32. The van der Waals surface area contributed by atoms with Gasteiger partial charge in [0.25, 0.3) is 0 Å². The van der Waals surface area contributed by atoms with Crippen LogP contribution in [-0.2, 0) is 13.0 Å². The smallest absolute Gasteiger partial charge is 0.135 e. The number of benzene rings is 1. The van der Waals surface area contributed by atoms with E-state index in [4.69, 9.17) is 9.72 Å². The van der Waals surface area contributed by atoms with Crippen molar-refractivity contribution < 1.29 is 9.84 Å². The minimum atomic E-state index is -0.0488. The van der Waals surface area contributed by atoms with Crippen molar-refractivity contribution in [3.8, 4) is 5.75 Å². The molecule has 2 N–H and O–H groups in total. The van der Waals surface area contributed by atoms with Gasteiger partial charge in [-0.3, -0.25) is 0 Å². The minimum Gasteiger partial charge on any atom is -0.497 e. The maximum Gasteiger partial charge on any atom is 0.135 e. The lowest BCUT2D eigenvalue weighted by molar-refractivity contribution is 0.281. The molecular weight excluding hydrogens is 328 g/mol. The Bertz CT molecular complexity index is 763. The van der Waals surface area contributed by atoms with E-state index in [0.29, 0.717) is 0 Å². The molecule has 0 spiro atoms. The monoisotopic (exact) mass is 356 g/mol. The fourth-order valence-electron chi connectivity index (χ4n) is 3.10. The van der Waals surface area contributed by atoms with Gasteiger partial charge in [-0.05, 0) is 36.6 Å². The van der Waals surface area contributed by atoms with Gasteiger partial charge in [0.05, 0.1) is 13.7 Å². The van der Waals surface area contributed by atoms with Crippen molar-refractivity contribution in [3.63, 3.8) is 0 Å². The molecule has 3 rings (SSSR count). The minimum absolute atomic E-state index is 0.0488. The topological polar surface area (TPSA) is 70.5 Å². The van der Waals surface area contributed by atoms with Gasteiger partial charge in [-0.2, -0.15) is 0 Å². The Morgan fingerprint density at radius 1 is 1.19 bits per heavy atom. The maximum absolute atomic E-state index is 9.32. The van der Waals surface area contributed by atoms with E-state index in [-0.39, 0.29) is 18.6 Å². The Morgan fingerprint density at radius 2 is 2.00 bits per heavy atom. The normalized spacial score (nSPS) is 14.9. The molecule has 0 bridgehead atoms. The van der Waals surface area contributed by atoms with Crippen molar-refractivity contribution in [2.45, 2.75) is 45.7 Å². The van der Waals surface area contributed by atoms with Gasteiger partial charge < -0.3 is 20.1 Å². The first-order valence-electron chi connectivity index (χ1n) is 9.17. The number of methoxy groups -OCH3 is 1.